The van der Waals surface area contributed by atoms with Gasteiger partial charge in [-0.05, 0) is 23.4 Å². The van der Waals surface area contributed by atoms with Gasteiger partial charge < -0.3 is 25.8 Å². The zero-order valence-electron chi connectivity index (χ0n) is 11.1. The molecule has 0 spiro atoms. The Kier molecular flexibility index (Phi) is 4.63. The van der Waals surface area contributed by atoms with Crippen molar-refractivity contribution in [2.75, 3.05) is 19.7 Å². The summed E-state index contributed by atoms with van der Waals surface area (Å²) in [6, 6.07) is 0.235. The van der Waals surface area contributed by atoms with Crippen LogP contribution in [0, 0.1) is 0 Å². The van der Waals surface area contributed by atoms with Gasteiger partial charge in [-0.15, -0.1) is 11.3 Å². The third-order valence-corrected chi connectivity index (χ3v) is 4.08. The van der Waals surface area contributed by atoms with Crippen molar-refractivity contribution in [3.63, 3.8) is 0 Å². The summed E-state index contributed by atoms with van der Waals surface area (Å²) in [7, 11) is 0. The van der Waals surface area contributed by atoms with Crippen molar-refractivity contribution in [1.29, 1.82) is 0 Å². The van der Waals surface area contributed by atoms with E-state index in [9.17, 15) is 19.5 Å². The molecule has 0 saturated heterocycles. The second-order valence-corrected chi connectivity index (χ2v) is 5.38. The molecule has 0 aliphatic carbocycles. The van der Waals surface area contributed by atoms with E-state index in [4.69, 9.17) is 5.73 Å². The first-order chi connectivity index (χ1) is 10.0. The van der Waals surface area contributed by atoms with Crippen molar-refractivity contribution < 1.29 is 24.2 Å². The lowest BCUT2D eigenvalue weighted by molar-refractivity contribution is -0.142. The van der Waals surface area contributed by atoms with Gasteiger partial charge in [-0.2, -0.15) is 0 Å². The number of fused-ring (bicyclic) bond motifs is 1. The van der Waals surface area contributed by atoms with Gasteiger partial charge in [-0.25, -0.2) is 14.4 Å². The number of nitrogens with one attached hydrogen (secondary N) is 1. The minimum atomic E-state index is -1.07. The Bertz CT molecular complexity index is 559. The first-order valence-corrected chi connectivity index (χ1v) is 7.14. The van der Waals surface area contributed by atoms with E-state index in [0.717, 1.165) is 4.88 Å². The fraction of sp³-hybridized carbons (Fsp3) is 0.417. The molecule has 2 heterocycles. The number of nitrogens with zero attached hydrogens (tertiary/aromatic N) is 1. The molecular formula is C12H15N3O5S. The summed E-state index contributed by atoms with van der Waals surface area (Å²) in [6.45, 7) is 0.338. The van der Waals surface area contributed by atoms with E-state index in [1.165, 1.54) is 16.2 Å². The molecule has 3 amide bonds. The summed E-state index contributed by atoms with van der Waals surface area (Å²) in [5.41, 5.74) is 5.45. The second kappa shape index (κ2) is 6.44. The predicted octanol–water partition coefficient (Wildman–Crippen LogP) is 0.537. The van der Waals surface area contributed by atoms with Crippen LogP contribution in [-0.2, 0) is 16.0 Å². The zero-order valence-corrected chi connectivity index (χ0v) is 11.9. The van der Waals surface area contributed by atoms with E-state index in [1.54, 1.807) is 6.07 Å². The standard InChI is InChI=1S/C12H15N3O5S/c13-11(18)20-5-3-14-12(19)15-4-1-8-7(2-6-21-8)9(15)10(16)17/h2,6,9H,1,3-5H2,(H2,13,18)(H,14,19)(H,16,17). The van der Waals surface area contributed by atoms with Gasteiger partial charge in [0.15, 0.2) is 6.04 Å². The highest BCUT2D eigenvalue weighted by molar-refractivity contribution is 7.10. The van der Waals surface area contributed by atoms with Gasteiger partial charge in [-0.3, -0.25) is 0 Å². The number of nitrogens with two attached hydrogens (primary N) is 1. The first kappa shape index (κ1) is 15.1. The van der Waals surface area contributed by atoms with Crippen molar-refractivity contribution in [3.8, 4) is 0 Å². The van der Waals surface area contributed by atoms with Gasteiger partial charge in [0.25, 0.3) is 0 Å². The smallest absolute Gasteiger partial charge is 0.404 e. The third-order valence-electron chi connectivity index (χ3n) is 3.08. The van der Waals surface area contributed by atoms with Gasteiger partial charge in [0.05, 0.1) is 6.54 Å². The molecule has 1 aliphatic heterocycles. The second-order valence-electron chi connectivity index (χ2n) is 4.38. The van der Waals surface area contributed by atoms with Crippen molar-refractivity contribution in [1.82, 2.24) is 10.2 Å². The first-order valence-electron chi connectivity index (χ1n) is 6.26. The third kappa shape index (κ3) is 3.43. The van der Waals surface area contributed by atoms with Gasteiger partial charge >= 0.3 is 18.1 Å². The predicted molar refractivity (Wildman–Crippen MR) is 74.0 cm³/mol. The number of ether oxygens (including phenoxy) is 1. The van der Waals surface area contributed by atoms with Crippen molar-refractivity contribution in [3.05, 3.63) is 21.9 Å². The number of rotatable bonds is 4. The van der Waals surface area contributed by atoms with Crippen LogP contribution < -0.4 is 11.1 Å². The molecular weight excluding hydrogens is 298 g/mol. The molecule has 0 bridgehead atoms. The van der Waals surface area contributed by atoms with Gasteiger partial charge in [0.2, 0.25) is 0 Å². The zero-order chi connectivity index (χ0) is 15.4. The number of thiophene rings is 1. The number of amides is 3. The monoisotopic (exact) mass is 313 g/mol. The number of hydrogen-bond donors (Lipinski definition) is 3. The van der Waals surface area contributed by atoms with E-state index < -0.39 is 24.1 Å². The highest BCUT2D eigenvalue weighted by Gasteiger charge is 2.36. The summed E-state index contributed by atoms with van der Waals surface area (Å²) in [6.07, 6.45) is -0.296. The molecule has 1 aromatic heterocycles. The summed E-state index contributed by atoms with van der Waals surface area (Å²) >= 11 is 1.49. The molecule has 0 aromatic carbocycles. The molecule has 4 N–H and O–H groups in total. The van der Waals surface area contributed by atoms with Crippen LogP contribution in [0.1, 0.15) is 16.5 Å². The topological polar surface area (TPSA) is 122 Å². The molecule has 1 aliphatic rings. The van der Waals surface area contributed by atoms with Crippen LogP contribution >= 0.6 is 11.3 Å². The number of urea groups is 1. The number of carboxylic acid groups (broad SMARTS) is 1. The van der Waals surface area contributed by atoms with Crippen LogP contribution in [0.2, 0.25) is 0 Å². The highest BCUT2D eigenvalue weighted by atomic mass is 32.1. The number of carbonyl (C=O) groups is 3. The van der Waals surface area contributed by atoms with Crippen molar-refractivity contribution in [2.24, 2.45) is 5.73 Å². The molecule has 21 heavy (non-hydrogen) atoms. The number of carboxylic acids is 1. The molecule has 0 saturated carbocycles. The number of hydrogen-bond acceptors (Lipinski definition) is 5. The van der Waals surface area contributed by atoms with Gasteiger partial charge in [0.1, 0.15) is 6.61 Å². The Morgan fingerprint density at radius 3 is 2.95 bits per heavy atom. The normalized spacial score (nSPS) is 17.0. The summed E-state index contributed by atoms with van der Waals surface area (Å²) in [4.78, 5) is 36.2. The summed E-state index contributed by atoms with van der Waals surface area (Å²) in [5.74, 6) is -1.07. The Morgan fingerprint density at radius 2 is 2.29 bits per heavy atom. The maximum atomic E-state index is 12.1. The van der Waals surface area contributed by atoms with Crippen LogP contribution in [0.4, 0.5) is 9.59 Å². The quantitative estimate of drug-likeness (QED) is 0.700. The van der Waals surface area contributed by atoms with E-state index >= 15 is 0 Å². The number of carbonyl (C=O) groups excluding carboxylic acids is 2. The van der Waals surface area contributed by atoms with E-state index in [0.29, 0.717) is 18.5 Å². The highest BCUT2D eigenvalue weighted by Crippen LogP contribution is 2.33. The van der Waals surface area contributed by atoms with Crippen molar-refractivity contribution in [2.45, 2.75) is 12.5 Å². The Labute approximate surface area is 124 Å². The molecule has 8 nitrogen and oxygen atoms in total. The van der Waals surface area contributed by atoms with Crippen LogP contribution in [0.15, 0.2) is 11.4 Å². The van der Waals surface area contributed by atoms with Crippen molar-refractivity contribution >= 4 is 29.4 Å². The molecule has 1 atom stereocenters. The van der Waals surface area contributed by atoms with Crippen LogP contribution in [0.25, 0.3) is 0 Å². The summed E-state index contributed by atoms with van der Waals surface area (Å²) < 4.78 is 4.49. The maximum Gasteiger partial charge on any atom is 0.404 e. The minimum absolute atomic E-state index is 0.0592. The number of aliphatic carboxylic acids is 1. The molecule has 0 radical (unpaired) electrons. The van der Waals surface area contributed by atoms with E-state index in [-0.39, 0.29) is 13.2 Å². The Balaban J connectivity index is 2.00. The molecule has 2 rings (SSSR count). The minimum Gasteiger partial charge on any atom is -0.479 e. The maximum absolute atomic E-state index is 12.1. The molecule has 1 aromatic rings. The average molecular weight is 313 g/mol. The SMILES string of the molecule is NC(=O)OCCNC(=O)N1CCc2sccc2C1C(=O)O. The average Bonchev–Trinajstić information content (AvgIpc) is 2.89. The fourth-order valence-electron chi connectivity index (χ4n) is 2.21. The van der Waals surface area contributed by atoms with Gasteiger partial charge in [0, 0.05) is 11.4 Å². The lowest BCUT2D eigenvalue weighted by atomic mass is 10.0. The Hall–Kier alpha value is -2.29. The van der Waals surface area contributed by atoms with E-state index in [2.05, 4.69) is 10.1 Å². The lowest BCUT2D eigenvalue weighted by Gasteiger charge is -2.33. The largest absolute Gasteiger partial charge is 0.479 e. The van der Waals surface area contributed by atoms with Crippen LogP contribution in [0.3, 0.4) is 0 Å². The van der Waals surface area contributed by atoms with Gasteiger partial charge in [-0.1, -0.05) is 0 Å². The van der Waals surface area contributed by atoms with E-state index in [1.807, 2.05) is 5.38 Å². The number of primary amides is 1. The molecule has 114 valence electrons. The molecule has 0 fully saturated rings. The van der Waals surface area contributed by atoms with Crippen LogP contribution in [-0.4, -0.2) is 47.8 Å². The molecule has 9 heteroatoms. The molecule has 1 unspecified atom stereocenters. The lowest BCUT2D eigenvalue weighted by Crippen LogP contribution is -2.48. The Morgan fingerprint density at radius 1 is 1.52 bits per heavy atom. The summed E-state index contributed by atoms with van der Waals surface area (Å²) in [5, 5.41) is 13.7. The fourth-order valence-corrected chi connectivity index (χ4v) is 3.12. The van der Waals surface area contributed by atoms with Crippen LogP contribution in [0.5, 0.6) is 0 Å².